The second-order valence-corrected chi connectivity index (χ2v) is 5.84. The van der Waals surface area contributed by atoms with Gasteiger partial charge in [-0.15, -0.1) is 0 Å². The van der Waals surface area contributed by atoms with Crippen LogP contribution in [-0.2, 0) is 0 Å². The Balaban J connectivity index is 1.95. The fourth-order valence-corrected chi connectivity index (χ4v) is 2.80. The molecule has 0 saturated heterocycles. The van der Waals surface area contributed by atoms with Crippen molar-refractivity contribution in [2.75, 3.05) is 0 Å². The Labute approximate surface area is 138 Å². The number of benzene rings is 1. The fourth-order valence-electron chi connectivity index (χ4n) is 2.30. The molecule has 0 unspecified atom stereocenters. The molecular weight excluding hydrogens is 334 g/mol. The molecule has 0 radical (unpaired) electrons. The molecule has 2 heteroatoms. The SMILES string of the molecule is N#Cc1ccc(C#CC2=CC=CC3=CC=CC(Br)=C2C3)cc1. The molecule has 2 aliphatic carbocycles. The van der Waals surface area contributed by atoms with Crippen LogP contribution < -0.4 is 0 Å². The Morgan fingerprint density at radius 3 is 2.41 bits per heavy atom. The average molecular weight is 346 g/mol. The van der Waals surface area contributed by atoms with E-state index < -0.39 is 0 Å². The maximum absolute atomic E-state index is 8.82. The molecule has 2 aliphatic rings. The minimum atomic E-state index is 0.649. The van der Waals surface area contributed by atoms with Gasteiger partial charge in [0.15, 0.2) is 0 Å². The standard InChI is InChI=1S/C20H12BrN/c21-20-6-2-4-16-3-1-5-18(19(20)13-16)12-11-15-7-9-17(14-22)10-8-15/h1-10H,13H2. The van der Waals surface area contributed by atoms with E-state index in [0.717, 1.165) is 22.0 Å². The summed E-state index contributed by atoms with van der Waals surface area (Å²) in [5.41, 5.74) is 5.04. The van der Waals surface area contributed by atoms with Gasteiger partial charge in [-0.3, -0.25) is 0 Å². The number of hydrogen-bond donors (Lipinski definition) is 0. The number of allylic oxidation sites excluding steroid dienone is 10. The summed E-state index contributed by atoms with van der Waals surface area (Å²) in [4.78, 5) is 0. The van der Waals surface area contributed by atoms with Crippen molar-refractivity contribution in [3.63, 3.8) is 0 Å². The van der Waals surface area contributed by atoms with Crippen molar-refractivity contribution in [2.24, 2.45) is 0 Å². The van der Waals surface area contributed by atoms with Crippen molar-refractivity contribution in [2.45, 2.75) is 6.42 Å². The highest BCUT2D eigenvalue weighted by Crippen LogP contribution is 2.31. The Hall–Kier alpha value is -2.55. The summed E-state index contributed by atoms with van der Waals surface area (Å²) < 4.78 is 1.07. The van der Waals surface area contributed by atoms with Gasteiger partial charge in [-0.05, 0) is 54.0 Å². The van der Waals surface area contributed by atoms with Crippen LogP contribution >= 0.6 is 15.9 Å². The topological polar surface area (TPSA) is 23.8 Å². The van der Waals surface area contributed by atoms with Gasteiger partial charge in [0.2, 0.25) is 0 Å². The molecule has 0 N–H and O–H groups in total. The molecule has 0 amide bonds. The predicted octanol–water partition coefficient (Wildman–Crippen LogP) is 4.94. The van der Waals surface area contributed by atoms with E-state index >= 15 is 0 Å². The second kappa shape index (κ2) is 6.48. The first-order valence-electron chi connectivity index (χ1n) is 6.93. The zero-order valence-corrected chi connectivity index (χ0v) is 13.4. The minimum absolute atomic E-state index is 0.649. The molecule has 2 bridgehead atoms. The molecule has 3 rings (SSSR count). The quantitative estimate of drug-likeness (QED) is 0.611. The first-order chi connectivity index (χ1) is 10.8. The fraction of sp³-hybridized carbons (Fsp3) is 0.0500. The van der Waals surface area contributed by atoms with Crippen LogP contribution in [0.3, 0.4) is 0 Å². The smallest absolute Gasteiger partial charge is 0.0991 e. The van der Waals surface area contributed by atoms with Gasteiger partial charge in [-0.25, -0.2) is 0 Å². The van der Waals surface area contributed by atoms with Crippen LogP contribution in [0.5, 0.6) is 0 Å². The third-order valence-corrected chi connectivity index (χ3v) is 4.22. The molecule has 0 saturated carbocycles. The Bertz CT molecular complexity index is 857. The maximum atomic E-state index is 8.82. The van der Waals surface area contributed by atoms with Gasteiger partial charge < -0.3 is 0 Å². The lowest BCUT2D eigenvalue weighted by atomic mass is 10.0. The van der Waals surface area contributed by atoms with E-state index in [2.05, 4.69) is 52.1 Å². The summed E-state index contributed by atoms with van der Waals surface area (Å²) in [6.45, 7) is 0. The van der Waals surface area contributed by atoms with Crippen LogP contribution in [-0.4, -0.2) is 0 Å². The van der Waals surface area contributed by atoms with E-state index in [-0.39, 0.29) is 0 Å². The molecule has 104 valence electrons. The van der Waals surface area contributed by atoms with E-state index in [4.69, 9.17) is 5.26 Å². The summed E-state index contributed by atoms with van der Waals surface area (Å²) in [7, 11) is 0. The van der Waals surface area contributed by atoms with Gasteiger partial charge >= 0.3 is 0 Å². The lowest BCUT2D eigenvalue weighted by Gasteiger charge is -2.06. The summed E-state index contributed by atoms with van der Waals surface area (Å²) in [6, 6.07) is 9.44. The highest BCUT2D eigenvalue weighted by atomic mass is 79.9. The van der Waals surface area contributed by atoms with Crippen LogP contribution in [0.1, 0.15) is 17.5 Å². The third-order valence-electron chi connectivity index (χ3n) is 3.48. The Kier molecular flexibility index (Phi) is 4.24. The summed E-state index contributed by atoms with van der Waals surface area (Å²) >= 11 is 3.63. The van der Waals surface area contributed by atoms with E-state index in [1.165, 1.54) is 11.1 Å². The predicted molar refractivity (Wildman–Crippen MR) is 93.1 cm³/mol. The molecule has 0 atom stereocenters. The zero-order chi connectivity index (χ0) is 15.4. The summed E-state index contributed by atoms with van der Waals surface area (Å²) in [6.07, 6.45) is 13.3. The Morgan fingerprint density at radius 1 is 0.909 bits per heavy atom. The number of halogens is 1. The van der Waals surface area contributed by atoms with Gasteiger partial charge in [0, 0.05) is 15.6 Å². The number of rotatable bonds is 0. The molecule has 1 nitrogen and oxygen atoms in total. The van der Waals surface area contributed by atoms with Crippen LogP contribution in [0, 0.1) is 23.2 Å². The van der Waals surface area contributed by atoms with Crippen molar-refractivity contribution >= 4 is 15.9 Å². The number of nitrogens with zero attached hydrogens (tertiary/aromatic N) is 1. The second-order valence-electron chi connectivity index (χ2n) is 4.98. The first kappa shape index (κ1) is 14.4. The minimum Gasteiger partial charge on any atom is -0.192 e. The van der Waals surface area contributed by atoms with Crippen LogP contribution in [0.15, 0.2) is 81.9 Å². The maximum Gasteiger partial charge on any atom is 0.0991 e. The zero-order valence-electron chi connectivity index (χ0n) is 11.8. The van der Waals surface area contributed by atoms with Crippen molar-refractivity contribution in [1.29, 1.82) is 5.26 Å². The monoisotopic (exact) mass is 345 g/mol. The molecular formula is C20H12BrN. The van der Waals surface area contributed by atoms with Gasteiger partial charge in [0.1, 0.15) is 0 Å². The largest absolute Gasteiger partial charge is 0.192 e. The van der Waals surface area contributed by atoms with Crippen molar-refractivity contribution in [3.05, 3.63) is 93.1 Å². The molecule has 0 spiro atoms. The average Bonchev–Trinajstić information content (AvgIpc) is 2.86. The Morgan fingerprint density at radius 2 is 1.64 bits per heavy atom. The molecule has 0 aromatic heterocycles. The molecule has 22 heavy (non-hydrogen) atoms. The number of fused-ring (bicyclic) bond motifs is 2. The highest BCUT2D eigenvalue weighted by molar-refractivity contribution is 9.11. The normalized spacial score (nSPS) is 15.8. The highest BCUT2D eigenvalue weighted by Gasteiger charge is 2.12. The molecule has 0 fully saturated rings. The number of hydrogen-bond acceptors (Lipinski definition) is 1. The molecule has 0 heterocycles. The van der Waals surface area contributed by atoms with Crippen molar-refractivity contribution < 1.29 is 0 Å². The molecule has 1 aromatic carbocycles. The van der Waals surface area contributed by atoms with Crippen LogP contribution in [0.25, 0.3) is 0 Å². The number of nitriles is 1. The van der Waals surface area contributed by atoms with Crippen LogP contribution in [0.2, 0.25) is 0 Å². The van der Waals surface area contributed by atoms with E-state index in [0.29, 0.717) is 5.56 Å². The molecule has 0 aliphatic heterocycles. The van der Waals surface area contributed by atoms with Gasteiger partial charge in [0.05, 0.1) is 11.6 Å². The van der Waals surface area contributed by atoms with E-state index in [1.54, 1.807) is 12.1 Å². The van der Waals surface area contributed by atoms with E-state index in [1.807, 2.05) is 30.4 Å². The summed E-state index contributed by atoms with van der Waals surface area (Å²) in [5, 5.41) is 8.82. The van der Waals surface area contributed by atoms with Crippen molar-refractivity contribution in [1.82, 2.24) is 0 Å². The van der Waals surface area contributed by atoms with Gasteiger partial charge in [-0.1, -0.05) is 52.1 Å². The van der Waals surface area contributed by atoms with Gasteiger partial charge in [-0.2, -0.15) is 5.26 Å². The summed E-state index contributed by atoms with van der Waals surface area (Å²) in [5.74, 6) is 6.43. The first-order valence-corrected chi connectivity index (χ1v) is 7.72. The lowest BCUT2D eigenvalue weighted by molar-refractivity contribution is 1.20. The van der Waals surface area contributed by atoms with Crippen molar-refractivity contribution in [3.8, 4) is 17.9 Å². The van der Waals surface area contributed by atoms with Crippen LogP contribution in [0.4, 0.5) is 0 Å². The molecule has 1 aromatic rings. The van der Waals surface area contributed by atoms with E-state index in [9.17, 15) is 0 Å². The third kappa shape index (κ3) is 3.19. The van der Waals surface area contributed by atoms with Gasteiger partial charge in [0.25, 0.3) is 0 Å². The lowest BCUT2D eigenvalue weighted by Crippen LogP contribution is -1.90.